The minimum Gasteiger partial charge on any atom is -0.371 e. The highest BCUT2D eigenvalue weighted by atomic mass is 32.2. The van der Waals surface area contributed by atoms with Gasteiger partial charge in [-0.05, 0) is 24.5 Å². The molecule has 1 heterocycles. The topological polar surface area (TPSA) is 32.3 Å². The van der Waals surface area contributed by atoms with Gasteiger partial charge in [-0.15, -0.1) is 11.8 Å². The van der Waals surface area contributed by atoms with E-state index in [0.29, 0.717) is 11.7 Å². The summed E-state index contributed by atoms with van der Waals surface area (Å²) in [5, 5.41) is 3.08. The van der Waals surface area contributed by atoms with E-state index < -0.39 is 0 Å². The van der Waals surface area contributed by atoms with Crippen LogP contribution in [0.2, 0.25) is 0 Å². The maximum Gasteiger partial charge on any atom is 0.230 e. The highest BCUT2D eigenvalue weighted by Crippen LogP contribution is 2.24. The summed E-state index contributed by atoms with van der Waals surface area (Å²) in [6.45, 7) is 9.34. The third-order valence-corrected chi connectivity index (χ3v) is 4.90. The van der Waals surface area contributed by atoms with E-state index in [1.54, 1.807) is 11.8 Å². The third-order valence-electron chi connectivity index (χ3n) is 3.63. The van der Waals surface area contributed by atoms with Gasteiger partial charge in [0.05, 0.1) is 5.75 Å². The molecule has 1 amide bonds. The summed E-state index contributed by atoms with van der Waals surface area (Å²) >= 11 is 1.70. The smallest absolute Gasteiger partial charge is 0.230 e. The highest BCUT2D eigenvalue weighted by molar-refractivity contribution is 8.01. The predicted octanol–water partition coefficient (Wildman–Crippen LogP) is 3.16. The Labute approximate surface area is 132 Å². The lowest BCUT2D eigenvalue weighted by atomic mass is 10.1. The minimum atomic E-state index is 0.148. The quantitative estimate of drug-likeness (QED) is 0.907. The van der Waals surface area contributed by atoms with E-state index in [1.807, 2.05) is 6.07 Å². The first-order valence-electron chi connectivity index (χ1n) is 7.65. The Kier molecular flexibility index (Phi) is 5.57. The Hall–Kier alpha value is -1.16. The molecular weight excluding hydrogens is 280 g/mol. The number of thioether (sulfide) groups is 1. The van der Waals surface area contributed by atoms with Crippen molar-refractivity contribution in [2.45, 2.75) is 31.9 Å². The maximum absolute atomic E-state index is 11.9. The lowest BCUT2D eigenvalue weighted by Gasteiger charge is -2.19. The Morgan fingerprint density at radius 3 is 2.71 bits per heavy atom. The number of rotatable bonds is 5. The molecule has 1 N–H and O–H groups in total. The molecule has 1 saturated heterocycles. The van der Waals surface area contributed by atoms with Gasteiger partial charge in [0.1, 0.15) is 0 Å². The van der Waals surface area contributed by atoms with Crippen LogP contribution in [0.4, 0.5) is 5.69 Å². The molecule has 0 saturated carbocycles. The molecule has 1 aromatic carbocycles. The molecule has 1 aromatic rings. The molecule has 116 valence electrons. The van der Waals surface area contributed by atoms with Crippen molar-refractivity contribution in [3.8, 4) is 0 Å². The van der Waals surface area contributed by atoms with Gasteiger partial charge in [-0.2, -0.15) is 0 Å². The molecule has 3 nitrogen and oxygen atoms in total. The second-order valence-electron chi connectivity index (χ2n) is 6.64. The molecule has 2 rings (SSSR count). The van der Waals surface area contributed by atoms with Crippen molar-refractivity contribution >= 4 is 23.4 Å². The zero-order chi connectivity index (χ0) is 15.3. The van der Waals surface area contributed by atoms with E-state index in [9.17, 15) is 4.79 Å². The molecule has 0 radical (unpaired) electrons. The molecule has 1 atom stereocenters. The fourth-order valence-corrected chi connectivity index (χ4v) is 3.13. The average molecular weight is 306 g/mol. The first kappa shape index (κ1) is 16.2. The standard InChI is InChI=1S/C17H26N2OS/c1-17(2,3)21-13-16(20)18-11-14-9-10-19(12-14)15-7-5-4-6-8-15/h4-8,14H,9-13H2,1-3H3,(H,18,20). The van der Waals surface area contributed by atoms with Gasteiger partial charge in [0.15, 0.2) is 0 Å². The van der Waals surface area contributed by atoms with Gasteiger partial charge in [0.2, 0.25) is 5.91 Å². The van der Waals surface area contributed by atoms with Gasteiger partial charge in [-0.3, -0.25) is 4.79 Å². The van der Waals surface area contributed by atoms with Crippen LogP contribution in [-0.2, 0) is 4.79 Å². The second kappa shape index (κ2) is 7.21. The lowest BCUT2D eigenvalue weighted by Crippen LogP contribution is -2.32. The number of benzene rings is 1. The van der Waals surface area contributed by atoms with Crippen molar-refractivity contribution in [3.63, 3.8) is 0 Å². The van der Waals surface area contributed by atoms with Crippen molar-refractivity contribution in [1.29, 1.82) is 0 Å². The summed E-state index contributed by atoms with van der Waals surface area (Å²) in [6.07, 6.45) is 1.15. The largest absolute Gasteiger partial charge is 0.371 e. The summed E-state index contributed by atoms with van der Waals surface area (Å²) in [7, 11) is 0. The van der Waals surface area contributed by atoms with Crippen molar-refractivity contribution in [2.24, 2.45) is 5.92 Å². The van der Waals surface area contributed by atoms with Gasteiger partial charge in [-0.1, -0.05) is 39.0 Å². The number of hydrogen-bond donors (Lipinski definition) is 1. The van der Waals surface area contributed by atoms with E-state index in [1.165, 1.54) is 5.69 Å². The van der Waals surface area contributed by atoms with Crippen LogP contribution < -0.4 is 10.2 Å². The fraction of sp³-hybridized carbons (Fsp3) is 0.588. The van der Waals surface area contributed by atoms with E-state index in [-0.39, 0.29) is 10.7 Å². The summed E-state index contributed by atoms with van der Waals surface area (Å²) in [4.78, 5) is 14.3. The van der Waals surface area contributed by atoms with Crippen LogP contribution in [0.25, 0.3) is 0 Å². The molecule has 1 unspecified atom stereocenters. The molecule has 21 heavy (non-hydrogen) atoms. The van der Waals surface area contributed by atoms with Crippen LogP contribution in [0.15, 0.2) is 30.3 Å². The number of amides is 1. The lowest BCUT2D eigenvalue weighted by molar-refractivity contribution is -0.118. The highest BCUT2D eigenvalue weighted by Gasteiger charge is 2.23. The number of hydrogen-bond acceptors (Lipinski definition) is 3. The first-order chi connectivity index (χ1) is 9.94. The monoisotopic (exact) mass is 306 g/mol. The van der Waals surface area contributed by atoms with Gasteiger partial charge in [0, 0.05) is 30.1 Å². The van der Waals surface area contributed by atoms with Crippen LogP contribution in [0.5, 0.6) is 0 Å². The van der Waals surface area contributed by atoms with E-state index >= 15 is 0 Å². The Bertz CT molecular complexity index is 456. The number of carbonyl (C=O) groups is 1. The summed E-state index contributed by atoms with van der Waals surface area (Å²) in [5.41, 5.74) is 1.29. The van der Waals surface area contributed by atoms with Gasteiger partial charge in [-0.25, -0.2) is 0 Å². The molecule has 1 aliphatic rings. The second-order valence-corrected chi connectivity index (χ2v) is 8.44. The SMILES string of the molecule is CC(C)(C)SCC(=O)NCC1CCN(c2ccccc2)C1. The Morgan fingerprint density at radius 2 is 2.05 bits per heavy atom. The molecular formula is C17H26N2OS. The molecule has 1 aliphatic heterocycles. The van der Waals surface area contributed by atoms with Crippen LogP contribution in [0.3, 0.4) is 0 Å². The molecule has 4 heteroatoms. The van der Waals surface area contributed by atoms with E-state index in [2.05, 4.69) is 55.3 Å². The van der Waals surface area contributed by atoms with Gasteiger partial charge in [0.25, 0.3) is 0 Å². The minimum absolute atomic E-state index is 0.148. The molecule has 0 aromatic heterocycles. The number of nitrogens with zero attached hydrogens (tertiary/aromatic N) is 1. The Balaban J connectivity index is 1.70. The predicted molar refractivity (Wildman–Crippen MR) is 92.0 cm³/mol. The number of carbonyl (C=O) groups excluding carboxylic acids is 1. The molecule has 0 bridgehead atoms. The van der Waals surface area contributed by atoms with Crippen molar-refractivity contribution in [1.82, 2.24) is 5.32 Å². The molecule has 0 spiro atoms. The number of para-hydroxylation sites is 1. The number of nitrogens with one attached hydrogen (secondary N) is 1. The van der Waals surface area contributed by atoms with E-state index in [0.717, 1.165) is 26.1 Å². The van der Waals surface area contributed by atoms with Gasteiger partial charge < -0.3 is 10.2 Å². The van der Waals surface area contributed by atoms with Gasteiger partial charge >= 0.3 is 0 Å². The van der Waals surface area contributed by atoms with Crippen molar-refractivity contribution in [2.75, 3.05) is 30.3 Å². The van der Waals surface area contributed by atoms with Crippen LogP contribution >= 0.6 is 11.8 Å². The van der Waals surface area contributed by atoms with Crippen molar-refractivity contribution < 1.29 is 4.79 Å². The zero-order valence-electron chi connectivity index (χ0n) is 13.3. The summed E-state index contributed by atoms with van der Waals surface area (Å²) in [6, 6.07) is 10.5. The first-order valence-corrected chi connectivity index (χ1v) is 8.63. The van der Waals surface area contributed by atoms with E-state index in [4.69, 9.17) is 0 Å². The Morgan fingerprint density at radius 1 is 1.33 bits per heavy atom. The summed E-state index contributed by atoms with van der Waals surface area (Å²) < 4.78 is 0.148. The van der Waals surface area contributed by atoms with Crippen LogP contribution in [0, 0.1) is 5.92 Å². The zero-order valence-corrected chi connectivity index (χ0v) is 14.1. The van der Waals surface area contributed by atoms with Crippen molar-refractivity contribution in [3.05, 3.63) is 30.3 Å². The third kappa shape index (κ3) is 5.62. The normalized spacial score (nSPS) is 18.8. The molecule has 1 fully saturated rings. The van der Waals surface area contributed by atoms with Crippen LogP contribution in [0.1, 0.15) is 27.2 Å². The van der Waals surface area contributed by atoms with Crippen LogP contribution in [-0.4, -0.2) is 36.0 Å². The maximum atomic E-state index is 11.9. The number of anilines is 1. The average Bonchev–Trinajstić information content (AvgIpc) is 2.92. The summed E-state index contributed by atoms with van der Waals surface area (Å²) in [5.74, 6) is 1.28. The molecule has 0 aliphatic carbocycles. The fourth-order valence-electron chi connectivity index (χ4n) is 2.46.